The van der Waals surface area contributed by atoms with Crippen LogP contribution in [0.25, 0.3) is 0 Å². The summed E-state index contributed by atoms with van der Waals surface area (Å²) in [5, 5.41) is 19.3. The maximum absolute atomic E-state index is 12.7. The van der Waals surface area contributed by atoms with Crippen LogP contribution in [0.2, 0.25) is 0 Å². The monoisotopic (exact) mass is 663 g/mol. The van der Waals surface area contributed by atoms with Gasteiger partial charge in [0.2, 0.25) is 5.91 Å². The third kappa shape index (κ3) is 9.73. The molecule has 1 saturated heterocycles. The maximum atomic E-state index is 12.7. The van der Waals surface area contributed by atoms with Crippen LogP contribution in [0.5, 0.6) is 0 Å². The Morgan fingerprint density at radius 2 is 1.80 bits per heavy atom. The van der Waals surface area contributed by atoms with Gasteiger partial charge in [-0.1, -0.05) is 30.3 Å². The molecule has 2 aliphatic heterocycles. The molecule has 18 heteroatoms. The Labute approximate surface area is 262 Å². The Morgan fingerprint density at radius 1 is 1.16 bits per heavy atom. The maximum Gasteiger partial charge on any atom is 0.336 e. The number of rotatable bonds is 12. The van der Waals surface area contributed by atoms with Crippen LogP contribution in [0.1, 0.15) is 34.0 Å². The van der Waals surface area contributed by atoms with E-state index in [4.69, 9.17) is 22.3 Å². The molecule has 1 fully saturated rings. The summed E-state index contributed by atoms with van der Waals surface area (Å²) < 4.78 is 35.1. The van der Waals surface area contributed by atoms with Crippen LogP contribution in [0, 0.1) is 0 Å². The molecule has 45 heavy (non-hydrogen) atoms. The lowest BCUT2D eigenvalue weighted by molar-refractivity contribution is -0.689. The number of benzene rings is 1. The van der Waals surface area contributed by atoms with Crippen molar-refractivity contribution in [3.8, 4) is 0 Å². The summed E-state index contributed by atoms with van der Waals surface area (Å²) in [5.41, 5.74) is 16.4. The van der Waals surface area contributed by atoms with Gasteiger partial charge in [0.15, 0.2) is 30.1 Å². The topological polar surface area (TPSA) is 276 Å². The minimum atomic E-state index is -4.74. The molecule has 0 aliphatic carbocycles. The first-order chi connectivity index (χ1) is 21.2. The minimum absolute atomic E-state index is 0.00276. The number of aromatic carboxylic acids is 1. The molecule has 4 rings (SSSR count). The Morgan fingerprint density at radius 3 is 2.36 bits per heavy atom. The molecule has 2 unspecified atom stereocenters. The number of carboxylic acid groups (broad SMARTS) is 2. The number of hydrogen-bond acceptors (Lipinski definition) is 10. The standard InChI is InChI=1S/C21H19N3O7S2.C6H14N4O2/c25-18(17(33(29,30)31)14-4-2-1-3-5-14)22-16-19(26)24-11-13(12-32-20(16)24)10-23-8-6-15(7-9-23)21(27)28;7-4(5(11)12)2-1-3-10-6(8)9/h1-9,11,16-17,20H,10,12H2,(H2-,22,25,27,28,29,30,31);4H,1-3,7H2,(H,11,12)(H4,8,9,10)/t16?,17?,20-;4-/m00/s1. The number of pyridine rings is 1. The smallest absolute Gasteiger partial charge is 0.336 e. The largest absolute Gasteiger partial charge is 0.548 e. The van der Waals surface area contributed by atoms with Crippen molar-refractivity contribution in [3.05, 3.63) is 77.8 Å². The molecule has 4 atom stereocenters. The lowest BCUT2D eigenvalue weighted by Gasteiger charge is -2.47. The van der Waals surface area contributed by atoms with E-state index in [1.54, 1.807) is 41.4 Å². The van der Waals surface area contributed by atoms with Crippen LogP contribution in [0.3, 0.4) is 0 Å². The van der Waals surface area contributed by atoms with E-state index in [1.165, 1.54) is 40.9 Å². The molecule has 3 heterocycles. The van der Waals surface area contributed by atoms with Crippen molar-refractivity contribution in [3.63, 3.8) is 0 Å². The summed E-state index contributed by atoms with van der Waals surface area (Å²) in [4.78, 5) is 51.5. The molecular weight excluding hydrogens is 630 g/mol. The number of amides is 2. The number of guanidine groups is 1. The SMILES string of the molecule is NC(N)=NCCC[C@H](N)C(=O)[O-].O=C(O)c1cc[n+](CC2=CN3C(=O)C(NC(=O)C(c4ccccc4)S(=O)(=O)O)[C@@H]3SC2)cc1. The second-order valence-electron chi connectivity index (χ2n) is 9.97. The number of carbonyl (C=O) groups excluding carboxylic acids is 3. The average molecular weight is 664 g/mol. The molecule has 0 saturated carbocycles. The highest BCUT2D eigenvalue weighted by Crippen LogP contribution is 2.36. The van der Waals surface area contributed by atoms with Crippen LogP contribution in [0.15, 0.2) is 71.6 Å². The number of hydrogen-bond donors (Lipinski definition) is 6. The number of carbonyl (C=O) groups is 4. The molecule has 1 aromatic carbocycles. The molecule has 2 aliphatic rings. The van der Waals surface area contributed by atoms with Crippen molar-refractivity contribution >= 4 is 51.6 Å². The fourth-order valence-electron chi connectivity index (χ4n) is 4.34. The van der Waals surface area contributed by atoms with Crippen LogP contribution in [0.4, 0.5) is 0 Å². The Hall–Kier alpha value is -4.52. The second kappa shape index (κ2) is 15.5. The van der Waals surface area contributed by atoms with Crippen LogP contribution in [-0.2, 0) is 31.0 Å². The Balaban J connectivity index is 0.000000392. The van der Waals surface area contributed by atoms with Gasteiger partial charge in [-0.15, -0.1) is 11.8 Å². The number of nitrogens with two attached hydrogens (primary N) is 3. The van der Waals surface area contributed by atoms with E-state index in [1.807, 2.05) is 0 Å². The molecule has 0 bridgehead atoms. The van der Waals surface area contributed by atoms with Crippen molar-refractivity contribution in [1.82, 2.24) is 10.2 Å². The van der Waals surface area contributed by atoms with E-state index >= 15 is 0 Å². The van der Waals surface area contributed by atoms with E-state index in [0.717, 1.165) is 5.57 Å². The Kier molecular flexibility index (Phi) is 12.0. The number of thioether (sulfide) groups is 1. The van der Waals surface area contributed by atoms with Crippen molar-refractivity contribution in [2.75, 3.05) is 12.3 Å². The second-order valence-corrected chi connectivity index (χ2v) is 12.6. The summed E-state index contributed by atoms with van der Waals surface area (Å²) in [5.74, 6) is -3.05. The van der Waals surface area contributed by atoms with Crippen molar-refractivity contribution < 1.29 is 46.9 Å². The quantitative estimate of drug-likeness (QED) is 0.0349. The van der Waals surface area contributed by atoms with Gasteiger partial charge in [0.1, 0.15) is 11.4 Å². The molecule has 1 aromatic heterocycles. The van der Waals surface area contributed by atoms with Crippen LogP contribution >= 0.6 is 11.8 Å². The molecular formula is C27H33N7O9S2. The summed E-state index contributed by atoms with van der Waals surface area (Å²) >= 11 is 1.42. The van der Waals surface area contributed by atoms with E-state index in [0.29, 0.717) is 31.7 Å². The highest BCUT2D eigenvalue weighted by molar-refractivity contribution is 8.00. The molecule has 0 spiro atoms. The third-order valence-electron chi connectivity index (χ3n) is 6.57. The minimum Gasteiger partial charge on any atom is -0.548 e. The van der Waals surface area contributed by atoms with E-state index in [-0.39, 0.29) is 28.4 Å². The van der Waals surface area contributed by atoms with E-state index < -0.39 is 45.3 Å². The zero-order valence-electron chi connectivity index (χ0n) is 23.8. The zero-order valence-corrected chi connectivity index (χ0v) is 25.4. The van der Waals surface area contributed by atoms with Gasteiger partial charge < -0.3 is 42.4 Å². The molecule has 16 nitrogen and oxygen atoms in total. The molecule has 2 amide bonds. The van der Waals surface area contributed by atoms with E-state index in [2.05, 4.69) is 10.3 Å². The van der Waals surface area contributed by atoms with E-state index in [9.17, 15) is 37.3 Å². The van der Waals surface area contributed by atoms with Gasteiger partial charge in [-0.2, -0.15) is 8.42 Å². The van der Waals surface area contributed by atoms with Gasteiger partial charge in [0.25, 0.3) is 16.0 Å². The number of aliphatic imine (C=N–C) groups is 1. The molecule has 242 valence electrons. The molecule has 9 N–H and O–H groups in total. The van der Waals surface area contributed by atoms with Crippen molar-refractivity contribution in [2.24, 2.45) is 22.2 Å². The van der Waals surface area contributed by atoms with Gasteiger partial charge in [-0.3, -0.25) is 19.1 Å². The highest BCUT2D eigenvalue weighted by atomic mass is 32.2. The lowest BCUT2D eigenvalue weighted by atomic mass is 10.1. The predicted molar refractivity (Wildman–Crippen MR) is 160 cm³/mol. The Bertz CT molecular complexity index is 1560. The number of nitrogens with one attached hydrogen (secondary N) is 1. The van der Waals surface area contributed by atoms with Crippen molar-refractivity contribution in [1.29, 1.82) is 0 Å². The molecule has 2 aromatic rings. The first-order valence-corrected chi connectivity index (χ1v) is 15.9. The fraction of sp³-hybridized carbons (Fsp3) is 0.333. The lowest BCUT2D eigenvalue weighted by Crippen LogP contribution is -2.69. The normalized spacial score (nSPS) is 18.5. The zero-order chi connectivity index (χ0) is 33.3. The van der Waals surface area contributed by atoms with Gasteiger partial charge in [0, 0.05) is 42.2 Å². The van der Waals surface area contributed by atoms with Gasteiger partial charge in [-0.25, -0.2) is 9.36 Å². The summed E-state index contributed by atoms with van der Waals surface area (Å²) in [7, 11) is -4.74. The number of aromatic nitrogens is 1. The highest BCUT2D eigenvalue weighted by Gasteiger charge is 2.51. The van der Waals surface area contributed by atoms with Gasteiger partial charge in [-0.05, 0) is 18.4 Å². The van der Waals surface area contributed by atoms with Gasteiger partial charge in [0.05, 0.1) is 11.5 Å². The predicted octanol–water partition coefficient (Wildman–Crippen LogP) is -2.30. The number of aliphatic carboxylic acids is 1. The number of β-lactam (4-membered cyclic amide) rings is 1. The first-order valence-electron chi connectivity index (χ1n) is 13.4. The fourth-order valence-corrected chi connectivity index (χ4v) is 6.43. The molecule has 0 radical (unpaired) electrons. The first kappa shape index (κ1) is 35.0. The van der Waals surface area contributed by atoms with Crippen LogP contribution < -0.4 is 32.2 Å². The third-order valence-corrected chi connectivity index (χ3v) is 9.03. The average Bonchev–Trinajstić information content (AvgIpc) is 2.98. The number of fused-ring (bicyclic) bond motifs is 1. The van der Waals surface area contributed by atoms with Gasteiger partial charge >= 0.3 is 5.97 Å². The number of nitrogens with zero attached hydrogens (tertiary/aromatic N) is 3. The van der Waals surface area contributed by atoms with Crippen LogP contribution in [-0.4, -0.2) is 82.4 Å². The summed E-state index contributed by atoms with van der Waals surface area (Å²) in [6.45, 7) is 0.850. The summed E-state index contributed by atoms with van der Waals surface area (Å²) in [6, 6.07) is 8.71. The summed E-state index contributed by atoms with van der Waals surface area (Å²) in [6.07, 6.45) is 5.83. The van der Waals surface area contributed by atoms with Crippen molar-refractivity contribution in [2.45, 2.75) is 42.1 Å². The number of carboxylic acids is 2.